The van der Waals surface area contributed by atoms with Crippen molar-refractivity contribution in [2.24, 2.45) is 0 Å². The predicted octanol–water partition coefficient (Wildman–Crippen LogP) is 0.185. The molecule has 1 unspecified atom stereocenters. The van der Waals surface area contributed by atoms with Gasteiger partial charge in [-0.1, -0.05) is 0 Å². The molecule has 4 nitrogen and oxygen atoms in total. The molecule has 1 rings (SSSR count). The van der Waals surface area contributed by atoms with Gasteiger partial charge < -0.3 is 14.5 Å². The Balaban J connectivity index is 2.53. The van der Waals surface area contributed by atoms with Gasteiger partial charge in [0, 0.05) is 26.2 Å². The first kappa shape index (κ1) is 11.5. The Labute approximate surface area is 85.8 Å². The molecule has 0 aromatic heterocycles. The van der Waals surface area contributed by atoms with Crippen LogP contribution in [-0.4, -0.2) is 62.1 Å². The third-order valence-corrected chi connectivity index (χ3v) is 2.63. The molecule has 1 aliphatic rings. The predicted molar refractivity (Wildman–Crippen MR) is 55.2 cm³/mol. The second kappa shape index (κ2) is 5.32. The summed E-state index contributed by atoms with van der Waals surface area (Å²) >= 11 is 0. The SMILES string of the molecule is COCC(=O)N1CCCN(C)CC1C. The Morgan fingerprint density at radius 1 is 1.50 bits per heavy atom. The van der Waals surface area contributed by atoms with Gasteiger partial charge in [-0.15, -0.1) is 0 Å². The van der Waals surface area contributed by atoms with Crippen LogP contribution < -0.4 is 0 Å². The molecule has 4 heteroatoms. The number of rotatable bonds is 2. The highest BCUT2D eigenvalue weighted by Crippen LogP contribution is 2.08. The number of carbonyl (C=O) groups excluding carboxylic acids is 1. The Kier molecular flexibility index (Phi) is 4.35. The molecule has 14 heavy (non-hydrogen) atoms. The first-order valence-electron chi connectivity index (χ1n) is 5.12. The van der Waals surface area contributed by atoms with Crippen molar-refractivity contribution in [2.45, 2.75) is 19.4 Å². The maximum absolute atomic E-state index is 11.7. The van der Waals surface area contributed by atoms with Gasteiger partial charge in [-0.25, -0.2) is 0 Å². The Morgan fingerprint density at radius 2 is 2.21 bits per heavy atom. The summed E-state index contributed by atoms with van der Waals surface area (Å²) < 4.78 is 4.87. The lowest BCUT2D eigenvalue weighted by atomic mass is 10.2. The number of nitrogens with zero attached hydrogens (tertiary/aromatic N) is 2. The Hall–Kier alpha value is -0.610. The molecule has 0 bridgehead atoms. The van der Waals surface area contributed by atoms with Crippen LogP contribution in [0.5, 0.6) is 0 Å². The number of hydrogen-bond acceptors (Lipinski definition) is 3. The van der Waals surface area contributed by atoms with Crippen molar-refractivity contribution in [3.05, 3.63) is 0 Å². The van der Waals surface area contributed by atoms with E-state index in [1.165, 1.54) is 0 Å². The number of carbonyl (C=O) groups is 1. The normalized spacial score (nSPS) is 24.8. The van der Waals surface area contributed by atoms with Gasteiger partial charge >= 0.3 is 0 Å². The van der Waals surface area contributed by atoms with Crippen molar-refractivity contribution in [3.8, 4) is 0 Å². The number of likely N-dealkylation sites (N-methyl/N-ethyl adjacent to an activating group) is 1. The van der Waals surface area contributed by atoms with Crippen LogP contribution in [0.25, 0.3) is 0 Å². The molecule has 0 radical (unpaired) electrons. The molecule has 1 aliphatic heterocycles. The lowest BCUT2D eigenvalue weighted by Crippen LogP contribution is -2.43. The molecule has 0 N–H and O–H groups in total. The Morgan fingerprint density at radius 3 is 2.86 bits per heavy atom. The first-order valence-corrected chi connectivity index (χ1v) is 5.12. The van der Waals surface area contributed by atoms with Gasteiger partial charge in [-0.2, -0.15) is 0 Å². The van der Waals surface area contributed by atoms with E-state index in [2.05, 4.69) is 18.9 Å². The second-order valence-electron chi connectivity index (χ2n) is 3.98. The zero-order valence-corrected chi connectivity index (χ0v) is 9.32. The van der Waals surface area contributed by atoms with Crippen LogP contribution in [0.4, 0.5) is 0 Å². The van der Waals surface area contributed by atoms with Gasteiger partial charge in [-0.05, 0) is 26.9 Å². The van der Waals surface area contributed by atoms with Crippen LogP contribution in [0.1, 0.15) is 13.3 Å². The maximum Gasteiger partial charge on any atom is 0.248 e. The lowest BCUT2D eigenvalue weighted by Gasteiger charge is -2.27. The monoisotopic (exact) mass is 200 g/mol. The lowest BCUT2D eigenvalue weighted by molar-refractivity contribution is -0.137. The molecule has 0 aliphatic carbocycles. The van der Waals surface area contributed by atoms with Gasteiger partial charge in [-0.3, -0.25) is 4.79 Å². The number of amides is 1. The quantitative estimate of drug-likeness (QED) is 0.637. The van der Waals surface area contributed by atoms with E-state index in [4.69, 9.17) is 4.74 Å². The summed E-state index contributed by atoms with van der Waals surface area (Å²) in [4.78, 5) is 15.8. The fourth-order valence-corrected chi connectivity index (χ4v) is 1.95. The second-order valence-corrected chi connectivity index (χ2v) is 3.98. The summed E-state index contributed by atoms with van der Waals surface area (Å²) in [6.45, 7) is 5.17. The van der Waals surface area contributed by atoms with Crippen molar-refractivity contribution in [3.63, 3.8) is 0 Å². The maximum atomic E-state index is 11.7. The average Bonchev–Trinajstić information content (AvgIpc) is 2.27. The van der Waals surface area contributed by atoms with Crippen molar-refractivity contribution in [1.29, 1.82) is 0 Å². The number of ether oxygens (including phenoxy) is 1. The standard InChI is InChI=1S/C10H20N2O2/c1-9-7-11(2)5-4-6-12(9)10(13)8-14-3/h9H,4-8H2,1-3H3. The summed E-state index contributed by atoms with van der Waals surface area (Å²) in [7, 11) is 3.66. The number of hydrogen-bond donors (Lipinski definition) is 0. The molecule has 0 saturated carbocycles. The molecule has 1 fully saturated rings. The molecule has 0 aromatic rings. The van der Waals surface area contributed by atoms with E-state index in [9.17, 15) is 4.79 Å². The van der Waals surface area contributed by atoms with E-state index in [0.29, 0.717) is 6.04 Å². The van der Waals surface area contributed by atoms with E-state index in [0.717, 1.165) is 26.1 Å². The van der Waals surface area contributed by atoms with Crippen LogP contribution in [0.2, 0.25) is 0 Å². The molecule has 0 aromatic carbocycles. The van der Waals surface area contributed by atoms with E-state index < -0.39 is 0 Å². The molecule has 1 heterocycles. The summed E-state index contributed by atoms with van der Waals surface area (Å²) in [5, 5.41) is 0. The van der Waals surface area contributed by atoms with Gasteiger partial charge in [0.15, 0.2) is 0 Å². The third kappa shape index (κ3) is 2.96. The summed E-state index contributed by atoms with van der Waals surface area (Å²) in [5.41, 5.74) is 0. The Bertz CT molecular complexity index is 197. The zero-order chi connectivity index (χ0) is 10.6. The molecular formula is C10H20N2O2. The zero-order valence-electron chi connectivity index (χ0n) is 9.32. The third-order valence-electron chi connectivity index (χ3n) is 2.63. The minimum absolute atomic E-state index is 0.107. The molecule has 1 amide bonds. The van der Waals surface area contributed by atoms with Crippen LogP contribution in [0.3, 0.4) is 0 Å². The minimum Gasteiger partial charge on any atom is -0.375 e. The van der Waals surface area contributed by atoms with Crippen molar-refractivity contribution in [1.82, 2.24) is 9.80 Å². The van der Waals surface area contributed by atoms with Crippen LogP contribution in [0.15, 0.2) is 0 Å². The summed E-state index contributed by atoms with van der Waals surface area (Å²) in [5.74, 6) is 0.107. The average molecular weight is 200 g/mol. The largest absolute Gasteiger partial charge is 0.375 e. The topological polar surface area (TPSA) is 32.8 Å². The smallest absolute Gasteiger partial charge is 0.248 e. The first-order chi connectivity index (χ1) is 6.65. The van der Waals surface area contributed by atoms with Gasteiger partial charge in [0.05, 0.1) is 0 Å². The summed E-state index contributed by atoms with van der Waals surface area (Å²) in [6, 6.07) is 0.296. The van der Waals surface area contributed by atoms with Crippen molar-refractivity contribution < 1.29 is 9.53 Å². The number of methoxy groups -OCH3 is 1. The van der Waals surface area contributed by atoms with Crippen LogP contribution in [0, 0.1) is 0 Å². The highest BCUT2D eigenvalue weighted by atomic mass is 16.5. The summed E-state index contributed by atoms with van der Waals surface area (Å²) in [6.07, 6.45) is 1.05. The molecule has 0 spiro atoms. The fourth-order valence-electron chi connectivity index (χ4n) is 1.95. The van der Waals surface area contributed by atoms with Gasteiger partial charge in [0.2, 0.25) is 5.91 Å². The minimum atomic E-state index is 0.107. The van der Waals surface area contributed by atoms with Crippen molar-refractivity contribution >= 4 is 5.91 Å². The van der Waals surface area contributed by atoms with E-state index in [-0.39, 0.29) is 12.5 Å². The molecule has 1 saturated heterocycles. The molecule has 82 valence electrons. The van der Waals surface area contributed by atoms with Gasteiger partial charge in [0.25, 0.3) is 0 Å². The molecular weight excluding hydrogens is 180 g/mol. The van der Waals surface area contributed by atoms with Gasteiger partial charge in [0.1, 0.15) is 6.61 Å². The fraction of sp³-hybridized carbons (Fsp3) is 0.900. The highest BCUT2D eigenvalue weighted by Gasteiger charge is 2.23. The van der Waals surface area contributed by atoms with E-state index >= 15 is 0 Å². The van der Waals surface area contributed by atoms with E-state index in [1.807, 2.05) is 4.90 Å². The van der Waals surface area contributed by atoms with Crippen molar-refractivity contribution in [2.75, 3.05) is 40.4 Å². The molecule has 1 atom stereocenters. The van der Waals surface area contributed by atoms with Crippen LogP contribution in [-0.2, 0) is 9.53 Å². The van der Waals surface area contributed by atoms with Crippen LogP contribution >= 0.6 is 0 Å². The van der Waals surface area contributed by atoms with E-state index in [1.54, 1.807) is 7.11 Å². The highest BCUT2D eigenvalue weighted by molar-refractivity contribution is 5.77.